The van der Waals surface area contributed by atoms with Gasteiger partial charge in [-0.05, 0) is 28.4 Å². The van der Waals surface area contributed by atoms with E-state index in [2.05, 4.69) is 31.9 Å². The van der Waals surface area contributed by atoms with E-state index in [1.807, 2.05) is 6.20 Å². The molecule has 66 valence electrons. The zero-order chi connectivity index (χ0) is 8.55. The van der Waals surface area contributed by atoms with Crippen LogP contribution in [-0.4, -0.2) is 24.1 Å². The Morgan fingerprint density at radius 1 is 1.67 bits per heavy atom. The van der Waals surface area contributed by atoms with Crippen molar-refractivity contribution >= 4 is 21.6 Å². The van der Waals surface area contributed by atoms with Gasteiger partial charge in [-0.3, -0.25) is 0 Å². The van der Waals surface area contributed by atoms with Crippen LogP contribution in [0.1, 0.15) is 6.42 Å². The molecule has 0 saturated carbocycles. The number of rotatable bonds is 1. The quantitative estimate of drug-likeness (QED) is 0.764. The molecule has 4 heteroatoms. The Hall–Kier alpha value is -0.480. The fraction of sp³-hybridized carbons (Fsp3) is 0.500. The van der Waals surface area contributed by atoms with Gasteiger partial charge in [0.1, 0.15) is 4.60 Å². The van der Waals surface area contributed by atoms with E-state index in [1.54, 1.807) is 0 Å². The Kier molecular flexibility index (Phi) is 2.11. The largest absolute Gasteiger partial charge is 0.368 e. The number of H-pyrrole nitrogens is 1. The second-order valence-electron chi connectivity index (χ2n) is 3.17. The summed E-state index contributed by atoms with van der Waals surface area (Å²) >= 11 is 3.46. The summed E-state index contributed by atoms with van der Waals surface area (Å²) in [6.45, 7) is 2.04. The van der Waals surface area contributed by atoms with Gasteiger partial charge in [-0.25, -0.2) is 0 Å². The summed E-state index contributed by atoms with van der Waals surface area (Å²) < 4.78 is 1.05. The van der Waals surface area contributed by atoms with E-state index in [0.29, 0.717) is 6.04 Å². The fourth-order valence-corrected chi connectivity index (χ4v) is 2.11. The molecule has 12 heavy (non-hydrogen) atoms. The zero-order valence-corrected chi connectivity index (χ0v) is 8.34. The average Bonchev–Trinajstić information content (AvgIpc) is 2.58. The Morgan fingerprint density at radius 3 is 3.00 bits per heavy atom. The minimum Gasteiger partial charge on any atom is -0.368 e. The highest BCUT2D eigenvalue weighted by atomic mass is 79.9. The summed E-state index contributed by atoms with van der Waals surface area (Å²) in [7, 11) is 0. The molecule has 0 amide bonds. The number of halogens is 1. The molecule has 1 saturated heterocycles. The number of nitrogens with two attached hydrogens (primary N) is 1. The Morgan fingerprint density at radius 2 is 2.50 bits per heavy atom. The molecule has 3 nitrogen and oxygen atoms in total. The van der Waals surface area contributed by atoms with Crippen LogP contribution in [0.15, 0.2) is 16.9 Å². The molecular formula is C8H12BrN3. The van der Waals surface area contributed by atoms with Gasteiger partial charge in [0.2, 0.25) is 0 Å². The van der Waals surface area contributed by atoms with Crippen molar-refractivity contribution in [2.75, 3.05) is 18.0 Å². The fourth-order valence-electron chi connectivity index (χ4n) is 1.59. The van der Waals surface area contributed by atoms with Crippen LogP contribution in [0.25, 0.3) is 0 Å². The lowest BCUT2D eigenvalue weighted by Gasteiger charge is -2.16. The van der Waals surface area contributed by atoms with Crippen LogP contribution in [-0.2, 0) is 0 Å². The predicted octanol–water partition coefficient (Wildman–Crippen LogP) is 1.31. The Bertz CT molecular complexity index is 271. The number of anilines is 1. The normalized spacial score (nSPS) is 23.5. The molecule has 0 spiro atoms. The van der Waals surface area contributed by atoms with Gasteiger partial charge in [-0.15, -0.1) is 0 Å². The summed E-state index contributed by atoms with van der Waals surface area (Å²) in [5, 5.41) is 0. The van der Waals surface area contributed by atoms with Gasteiger partial charge in [-0.1, -0.05) is 0 Å². The summed E-state index contributed by atoms with van der Waals surface area (Å²) in [5.41, 5.74) is 7.04. The third-order valence-electron chi connectivity index (χ3n) is 2.24. The maximum absolute atomic E-state index is 5.81. The molecule has 3 N–H and O–H groups in total. The van der Waals surface area contributed by atoms with Crippen molar-refractivity contribution in [2.45, 2.75) is 12.5 Å². The van der Waals surface area contributed by atoms with E-state index >= 15 is 0 Å². The molecule has 1 aliphatic heterocycles. The van der Waals surface area contributed by atoms with E-state index in [0.717, 1.165) is 24.1 Å². The number of nitrogens with one attached hydrogen (secondary N) is 1. The van der Waals surface area contributed by atoms with Gasteiger partial charge in [0.25, 0.3) is 0 Å². The first kappa shape index (κ1) is 8.13. The van der Waals surface area contributed by atoms with Gasteiger partial charge < -0.3 is 15.6 Å². The minimum absolute atomic E-state index is 0.340. The molecule has 0 radical (unpaired) electrons. The second kappa shape index (κ2) is 3.11. The van der Waals surface area contributed by atoms with Crippen molar-refractivity contribution in [3.05, 3.63) is 16.9 Å². The minimum atomic E-state index is 0.340. The topological polar surface area (TPSA) is 45.0 Å². The van der Waals surface area contributed by atoms with Crippen LogP contribution in [0.2, 0.25) is 0 Å². The maximum atomic E-state index is 5.81. The smallest absolute Gasteiger partial charge is 0.106 e. The molecule has 0 aromatic carbocycles. The van der Waals surface area contributed by atoms with Crippen molar-refractivity contribution in [3.8, 4) is 0 Å². The number of hydrogen-bond acceptors (Lipinski definition) is 2. The molecule has 1 fully saturated rings. The van der Waals surface area contributed by atoms with E-state index in [1.165, 1.54) is 5.69 Å². The van der Waals surface area contributed by atoms with Crippen molar-refractivity contribution in [1.82, 2.24) is 4.98 Å². The standard InChI is InChI=1S/C8H12BrN3/c9-8-7(1-3-11-8)12-4-2-6(10)5-12/h1,3,6,11H,2,4-5,10H2/t6-/m1/s1. The SMILES string of the molecule is N[C@@H]1CCN(c2cc[nH]c2Br)C1. The molecule has 2 rings (SSSR count). The molecule has 0 aliphatic carbocycles. The van der Waals surface area contributed by atoms with Gasteiger partial charge in [0.05, 0.1) is 5.69 Å². The molecule has 0 unspecified atom stereocenters. The highest BCUT2D eigenvalue weighted by molar-refractivity contribution is 9.10. The summed E-state index contributed by atoms with van der Waals surface area (Å²) in [4.78, 5) is 5.39. The number of aromatic nitrogens is 1. The second-order valence-corrected chi connectivity index (χ2v) is 3.96. The van der Waals surface area contributed by atoms with Gasteiger partial charge in [0, 0.05) is 25.3 Å². The third-order valence-corrected chi connectivity index (χ3v) is 2.88. The first-order chi connectivity index (χ1) is 5.77. The highest BCUT2D eigenvalue weighted by Crippen LogP contribution is 2.27. The average molecular weight is 230 g/mol. The monoisotopic (exact) mass is 229 g/mol. The maximum Gasteiger partial charge on any atom is 0.106 e. The van der Waals surface area contributed by atoms with E-state index in [4.69, 9.17) is 5.73 Å². The van der Waals surface area contributed by atoms with Gasteiger partial charge in [-0.2, -0.15) is 0 Å². The van der Waals surface area contributed by atoms with Crippen molar-refractivity contribution < 1.29 is 0 Å². The lowest BCUT2D eigenvalue weighted by atomic mass is 10.3. The van der Waals surface area contributed by atoms with Crippen LogP contribution in [0.5, 0.6) is 0 Å². The van der Waals surface area contributed by atoms with E-state index in [9.17, 15) is 0 Å². The first-order valence-corrected chi connectivity index (χ1v) is 4.90. The summed E-state index contributed by atoms with van der Waals surface area (Å²) in [5.74, 6) is 0. The van der Waals surface area contributed by atoms with E-state index < -0.39 is 0 Å². The molecule has 1 aromatic heterocycles. The molecule has 0 bridgehead atoms. The Balaban J connectivity index is 2.16. The van der Waals surface area contributed by atoms with Crippen LogP contribution in [0.4, 0.5) is 5.69 Å². The number of hydrogen-bond donors (Lipinski definition) is 2. The van der Waals surface area contributed by atoms with Crippen LogP contribution >= 0.6 is 15.9 Å². The molecule has 1 atom stereocenters. The van der Waals surface area contributed by atoms with Crippen molar-refractivity contribution in [2.24, 2.45) is 5.73 Å². The third kappa shape index (κ3) is 1.36. The highest BCUT2D eigenvalue weighted by Gasteiger charge is 2.20. The van der Waals surface area contributed by atoms with Gasteiger partial charge in [0.15, 0.2) is 0 Å². The lowest BCUT2D eigenvalue weighted by Crippen LogP contribution is -2.26. The molecular weight excluding hydrogens is 218 g/mol. The molecule has 1 aliphatic rings. The molecule has 1 aromatic rings. The summed E-state index contributed by atoms with van der Waals surface area (Å²) in [6.07, 6.45) is 3.03. The molecule has 2 heterocycles. The van der Waals surface area contributed by atoms with Crippen LogP contribution < -0.4 is 10.6 Å². The van der Waals surface area contributed by atoms with Gasteiger partial charge >= 0.3 is 0 Å². The lowest BCUT2D eigenvalue weighted by molar-refractivity contribution is 0.752. The number of nitrogens with zero attached hydrogens (tertiary/aromatic N) is 1. The summed E-state index contributed by atoms with van der Waals surface area (Å²) in [6, 6.07) is 2.41. The van der Waals surface area contributed by atoms with Crippen molar-refractivity contribution in [3.63, 3.8) is 0 Å². The van der Waals surface area contributed by atoms with Crippen LogP contribution in [0.3, 0.4) is 0 Å². The predicted molar refractivity (Wildman–Crippen MR) is 53.3 cm³/mol. The first-order valence-electron chi connectivity index (χ1n) is 4.11. The van der Waals surface area contributed by atoms with Crippen LogP contribution in [0, 0.1) is 0 Å². The Labute approximate surface area is 80.1 Å². The van der Waals surface area contributed by atoms with Crippen molar-refractivity contribution in [1.29, 1.82) is 0 Å². The number of aromatic amines is 1. The zero-order valence-electron chi connectivity index (χ0n) is 6.76. The van der Waals surface area contributed by atoms with E-state index in [-0.39, 0.29) is 0 Å².